The van der Waals surface area contributed by atoms with E-state index in [0.717, 1.165) is 37.2 Å². The van der Waals surface area contributed by atoms with Crippen LogP contribution in [0, 0.1) is 12.8 Å². The van der Waals surface area contributed by atoms with E-state index in [1.807, 2.05) is 13.1 Å². The lowest BCUT2D eigenvalue weighted by molar-refractivity contribution is 0.0695. The smallest absolute Gasteiger partial charge is 0.208 e. The van der Waals surface area contributed by atoms with Crippen molar-refractivity contribution in [1.29, 1.82) is 0 Å². The zero-order valence-corrected chi connectivity index (χ0v) is 11.6. The maximum atomic E-state index is 5.61. The summed E-state index contributed by atoms with van der Waals surface area (Å²) in [5.41, 5.74) is 0.286. The predicted octanol–water partition coefficient (Wildman–Crippen LogP) is 1.95. The summed E-state index contributed by atoms with van der Waals surface area (Å²) in [5, 5.41) is 3.74. The summed E-state index contributed by atoms with van der Waals surface area (Å²) in [6, 6.07) is 0.545. The second kappa shape index (κ2) is 4.35. The first-order valence-corrected chi connectivity index (χ1v) is 6.97. The van der Waals surface area contributed by atoms with Crippen molar-refractivity contribution in [2.24, 2.45) is 5.92 Å². The van der Waals surface area contributed by atoms with Gasteiger partial charge < -0.3 is 9.73 Å². The molecule has 0 radical (unpaired) electrons. The van der Waals surface area contributed by atoms with Crippen molar-refractivity contribution in [3.05, 3.63) is 17.8 Å². The Morgan fingerprint density at radius 2 is 2.33 bits per heavy atom. The molecule has 2 unspecified atom stereocenters. The van der Waals surface area contributed by atoms with Gasteiger partial charge in [0.2, 0.25) is 5.89 Å². The van der Waals surface area contributed by atoms with E-state index >= 15 is 0 Å². The third-order valence-electron chi connectivity index (χ3n) is 4.44. The first-order chi connectivity index (χ1) is 8.57. The normalized spacial score (nSPS) is 33.8. The van der Waals surface area contributed by atoms with Gasteiger partial charge in [0.05, 0.1) is 12.7 Å². The van der Waals surface area contributed by atoms with Crippen molar-refractivity contribution < 1.29 is 4.42 Å². The van der Waals surface area contributed by atoms with Crippen LogP contribution in [-0.2, 0) is 6.54 Å². The Morgan fingerprint density at radius 1 is 1.56 bits per heavy atom. The molecule has 1 N–H and O–H groups in total. The van der Waals surface area contributed by atoms with Gasteiger partial charge in [0.25, 0.3) is 0 Å². The van der Waals surface area contributed by atoms with E-state index in [2.05, 4.69) is 29.0 Å². The molecule has 1 saturated heterocycles. The largest absolute Gasteiger partial charge is 0.445 e. The molecule has 2 aliphatic rings. The molecule has 1 aliphatic heterocycles. The second-order valence-corrected chi connectivity index (χ2v) is 6.19. The molecule has 1 aliphatic carbocycles. The number of hydrogen-bond acceptors (Lipinski definition) is 4. The number of rotatable bonds is 3. The van der Waals surface area contributed by atoms with Gasteiger partial charge >= 0.3 is 0 Å². The average Bonchev–Trinajstić information content (AvgIpc) is 3.10. The maximum Gasteiger partial charge on any atom is 0.208 e. The summed E-state index contributed by atoms with van der Waals surface area (Å²) in [5.74, 6) is 2.61. The van der Waals surface area contributed by atoms with Gasteiger partial charge in [-0.05, 0) is 39.5 Å². The molecule has 0 amide bonds. The zero-order valence-electron chi connectivity index (χ0n) is 11.6. The van der Waals surface area contributed by atoms with Gasteiger partial charge in [0.15, 0.2) is 0 Å². The Balaban J connectivity index is 1.69. The summed E-state index contributed by atoms with van der Waals surface area (Å²) in [6.07, 6.45) is 4.57. The van der Waals surface area contributed by atoms with E-state index in [-0.39, 0.29) is 5.54 Å². The van der Waals surface area contributed by atoms with Crippen molar-refractivity contribution in [1.82, 2.24) is 15.2 Å². The predicted molar refractivity (Wildman–Crippen MR) is 70.2 cm³/mol. The highest BCUT2D eigenvalue weighted by molar-refractivity contribution is 5.04. The fourth-order valence-electron chi connectivity index (χ4n) is 3.00. The molecule has 2 atom stereocenters. The van der Waals surface area contributed by atoms with Crippen molar-refractivity contribution in [2.45, 2.75) is 51.7 Å². The highest BCUT2D eigenvalue weighted by atomic mass is 16.4. The minimum Gasteiger partial charge on any atom is -0.445 e. The number of nitrogens with zero attached hydrogens (tertiary/aromatic N) is 2. The average molecular weight is 249 g/mol. The number of oxazole rings is 1. The summed E-state index contributed by atoms with van der Waals surface area (Å²) < 4.78 is 5.61. The van der Waals surface area contributed by atoms with Crippen LogP contribution in [0.15, 0.2) is 10.6 Å². The van der Waals surface area contributed by atoms with Crippen LogP contribution >= 0.6 is 0 Å². The molecule has 0 aromatic carbocycles. The molecule has 2 heterocycles. The van der Waals surface area contributed by atoms with Crippen LogP contribution in [0.5, 0.6) is 0 Å². The fourth-order valence-corrected chi connectivity index (χ4v) is 3.00. The van der Waals surface area contributed by atoms with Gasteiger partial charge in [0, 0.05) is 24.7 Å². The van der Waals surface area contributed by atoms with Crippen LogP contribution in [0.3, 0.4) is 0 Å². The summed E-state index contributed by atoms with van der Waals surface area (Å²) in [4.78, 5) is 6.82. The zero-order chi connectivity index (χ0) is 12.8. The van der Waals surface area contributed by atoms with Crippen LogP contribution in [-0.4, -0.2) is 34.6 Å². The van der Waals surface area contributed by atoms with E-state index in [4.69, 9.17) is 4.42 Å². The summed E-state index contributed by atoms with van der Waals surface area (Å²) in [6.45, 7) is 9.58. The number of nitrogens with one attached hydrogen (secondary N) is 1. The molecule has 1 aromatic rings. The lowest BCUT2D eigenvalue weighted by Gasteiger charge is -2.45. The molecular weight excluding hydrogens is 226 g/mol. The van der Waals surface area contributed by atoms with E-state index in [1.54, 1.807) is 0 Å². The van der Waals surface area contributed by atoms with Crippen LogP contribution in [0.2, 0.25) is 0 Å². The standard InChI is InChI=1S/C14H23N3O/c1-10-6-16-14(3,12-4-5-12)9-17(10)8-13-15-7-11(2)18-13/h7,10,12,16H,4-6,8-9H2,1-3H3. The van der Waals surface area contributed by atoms with Crippen LogP contribution in [0.1, 0.15) is 38.3 Å². The summed E-state index contributed by atoms with van der Waals surface area (Å²) in [7, 11) is 0. The van der Waals surface area contributed by atoms with Crippen molar-refractivity contribution in [3.8, 4) is 0 Å². The molecule has 4 nitrogen and oxygen atoms in total. The first-order valence-electron chi connectivity index (χ1n) is 6.97. The Kier molecular flexibility index (Phi) is 2.94. The molecule has 4 heteroatoms. The van der Waals surface area contributed by atoms with E-state index in [9.17, 15) is 0 Å². The Hall–Kier alpha value is -0.870. The molecule has 18 heavy (non-hydrogen) atoms. The second-order valence-electron chi connectivity index (χ2n) is 6.19. The lowest BCUT2D eigenvalue weighted by atomic mass is 9.91. The minimum atomic E-state index is 0.286. The third kappa shape index (κ3) is 2.31. The minimum absolute atomic E-state index is 0.286. The Labute approximate surface area is 109 Å². The lowest BCUT2D eigenvalue weighted by Crippen LogP contribution is -2.62. The van der Waals surface area contributed by atoms with Crippen LogP contribution < -0.4 is 5.32 Å². The SMILES string of the molecule is Cc1cnc(CN2CC(C)(C3CC3)NCC2C)o1. The van der Waals surface area contributed by atoms with Crippen molar-refractivity contribution >= 4 is 0 Å². The highest BCUT2D eigenvalue weighted by Crippen LogP contribution is 2.41. The van der Waals surface area contributed by atoms with Gasteiger partial charge in [-0.1, -0.05) is 0 Å². The first kappa shape index (κ1) is 12.2. The molecule has 3 rings (SSSR count). The Morgan fingerprint density at radius 3 is 2.94 bits per heavy atom. The molecule has 1 saturated carbocycles. The van der Waals surface area contributed by atoms with Gasteiger partial charge in [-0.2, -0.15) is 0 Å². The molecule has 0 bridgehead atoms. The van der Waals surface area contributed by atoms with Gasteiger partial charge in [-0.25, -0.2) is 4.98 Å². The van der Waals surface area contributed by atoms with Crippen LogP contribution in [0.4, 0.5) is 0 Å². The van der Waals surface area contributed by atoms with Crippen molar-refractivity contribution in [2.75, 3.05) is 13.1 Å². The van der Waals surface area contributed by atoms with E-state index < -0.39 is 0 Å². The topological polar surface area (TPSA) is 41.3 Å². The van der Waals surface area contributed by atoms with E-state index in [0.29, 0.717) is 6.04 Å². The van der Waals surface area contributed by atoms with Gasteiger partial charge in [-0.15, -0.1) is 0 Å². The molecule has 100 valence electrons. The van der Waals surface area contributed by atoms with Gasteiger partial charge in [0.1, 0.15) is 5.76 Å². The number of aromatic nitrogens is 1. The molecular formula is C14H23N3O. The third-order valence-corrected chi connectivity index (χ3v) is 4.44. The maximum absolute atomic E-state index is 5.61. The fraction of sp³-hybridized carbons (Fsp3) is 0.786. The number of hydrogen-bond donors (Lipinski definition) is 1. The monoisotopic (exact) mass is 249 g/mol. The highest BCUT2D eigenvalue weighted by Gasteiger charge is 2.45. The van der Waals surface area contributed by atoms with E-state index in [1.165, 1.54) is 12.8 Å². The molecule has 2 fully saturated rings. The molecule has 0 spiro atoms. The van der Waals surface area contributed by atoms with Gasteiger partial charge in [-0.3, -0.25) is 4.90 Å². The quantitative estimate of drug-likeness (QED) is 0.889. The molecule has 1 aromatic heterocycles. The summed E-state index contributed by atoms with van der Waals surface area (Å²) >= 11 is 0. The van der Waals surface area contributed by atoms with Crippen molar-refractivity contribution in [3.63, 3.8) is 0 Å². The Bertz CT molecular complexity index is 426. The number of aryl methyl sites for hydroxylation is 1. The van der Waals surface area contributed by atoms with Crippen LogP contribution in [0.25, 0.3) is 0 Å². The number of piperazine rings is 1.